The summed E-state index contributed by atoms with van der Waals surface area (Å²) >= 11 is 0. The third kappa shape index (κ3) is 3.56. The van der Waals surface area contributed by atoms with Crippen LogP contribution in [0.5, 0.6) is 5.88 Å². The highest BCUT2D eigenvalue weighted by molar-refractivity contribution is 6.06. The fraction of sp³-hybridized carbons (Fsp3) is 0.292. The Bertz CT molecular complexity index is 1300. The van der Waals surface area contributed by atoms with Crippen LogP contribution in [0.15, 0.2) is 59.8 Å². The van der Waals surface area contributed by atoms with Gasteiger partial charge in [-0.15, -0.1) is 0 Å². The molecule has 4 heterocycles. The summed E-state index contributed by atoms with van der Waals surface area (Å²) in [6, 6.07) is 11.3. The summed E-state index contributed by atoms with van der Waals surface area (Å²) in [5, 5.41) is 12.8. The zero-order valence-corrected chi connectivity index (χ0v) is 17.2. The SMILES string of the molecule is COc1ccc(Cc2cc3c(=O)n(C4CCOC[C@@H]4O)ccc3c3ncccc23)cn1. The Hall–Kier alpha value is -3.29. The maximum absolute atomic E-state index is 13.5. The Morgan fingerprint density at radius 3 is 2.87 bits per heavy atom. The van der Waals surface area contributed by atoms with Crippen LogP contribution in [0.4, 0.5) is 0 Å². The molecule has 0 radical (unpaired) electrons. The van der Waals surface area contributed by atoms with Gasteiger partial charge >= 0.3 is 0 Å². The van der Waals surface area contributed by atoms with Gasteiger partial charge in [-0.1, -0.05) is 12.1 Å². The van der Waals surface area contributed by atoms with E-state index in [0.717, 1.165) is 27.4 Å². The normalized spacial score (nSPS) is 19.0. The van der Waals surface area contributed by atoms with Gasteiger partial charge in [0.05, 0.1) is 31.4 Å². The Labute approximate surface area is 178 Å². The summed E-state index contributed by atoms with van der Waals surface area (Å²) < 4.78 is 12.1. The van der Waals surface area contributed by atoms with Gasteiger partial charge < -0.3 is 19.1 Å². The van der Waals surface area contributed by atoms with Gasteiger partial charge in [0.1, 0.15) is 0 Å². The number of aliphatic hydroxyl groups is 1. The second kappa shape index (κ2) is 8.09. The number of ether oxygens (including phenoxy) is 2. The first-order valence-electron chi connectivity index (χ1n) is 10.3. The first-order chi connectivity index (χ1) is 15.2. The molecule has 1 N–H and O–H groups in total. The van der Waals surface area contributed by atoms with E-state index in [1.165, 1.54) is 0 Å². The van der Waals surface area contributed by atoms with E-state index in [1.807, 2.05) is 36.4 Å². The van der Waals surface area contributed by atoms with Crippen molar-refractivity contribution in [2.24, 2.45) is 0 Å². The summed E-state index contributed by atoms with van der Waals surface area (Å²) in [6.45, 7) is 0.769. The highest BCUT2D eigenvalue weighted by atomic mass is 16.5. The fourth-order valence-electron chi connectivity index (χ4n) is 4.34. The standard InChI is InChI=1S/C24H23N3O4/c1-30-22-5-4-15(13-26-22)11-16-12-19-18(23-17(16)3-2-8-25-23)6-9-27(24(19)29)20-7-10-31-14-21(20)28/h2-6,8-9,12-13,20-21,28H,7,10-11,14H2,1H3/t20?,21-/m0/s1. The molecule has 1 aliphatic rings. The van der Waals surface area contributed by atoms with E-state index in [9.17, 15) is 9.90 Å². The summed E-state index contributed by atoms with van der Waals surface area (Å²) in [7, 11) is 1.59. The minimum atomic E-state index is -0.702. The number of aromatic nitrogens is 3. The maximum atomic E-state index is 13.5. The Kier molecular flexibility index (Phi) is 5.13. The number of aliphatic hydroxyl groups excluding tert-OH is 1. The van der Waals surface area contributed by atoms with Gasteiger partial charge in [-0.25, -0.2) is 4.98 Å². The minimum absolute atomic E-state index is 0.120. The van der Waals surface area contributed by atoms with Crippen LogP contribution in [0.1, 0.15) is 23.6 Å². The van der Waals surface area contributed by atoms with Crippen molar-refractivity contribution in [2.75, 3.05) is 20.3 Å². The third-order valence-electron chi connectivity index (χ3n) is 5.93. The summed E-state index contributed by atoms with van der Waals surface area (Å²) in [4.78, 5) is 22.3. The van der Waals surface area contributed by atoms with E-state index in [0.29, 0.717) is 30.7 Å². The molecule has 1 aromatic carbocycles. The zero-order chi connectivity index (χ0) is 21.4. The van der Waals surface area contributed by atoms with E-state index < -0.39 is 6.10 Å². The molecule has 7 heteroatoms. The summed E-state index contributed by atoms with van der Waals surface area (Å²) in [6.07, 6.45) is 5.81. The van der Waals surface area contributed by atoms with Gasteiger partial charge in [0.25, 0.3) is 5.56 Å². The molecule has 4 aromatic rings. The molecule has 0 spiro atoms. The van der Waals surface area contributed by atoms with Gasteiger partial charge in [-0.05, 0) is 42.2 Å². The molecule has 1 aliphatic heterocycles. The molecule has 0 bridgehead atoms. The lowest BCUT2D eigenvalue weighted by molar-refractivity contribution is -0.0392. The summed E-state index contributed by atoms with van der Waals surface area (Å²) in [5.74, 6) is 0.562. The average Bonchev–Trinajstić information content (AvgIpc) is 2.81. The molecule has 5 rings (SSSR count). The molecular weight excluding hydrogens is 394 g/mol. The average molecular weight is 417 g/mol. The number of hydrogen-bond acceptors (Lipinski definition) is 6. The molecule has 0 amide bonds. The van der Waals surface area contributed by atoms with E-state index in [4.69, 9.17) is 9.47 Å². The molecule has 0 saturated carbocycles. The molecule has 1 fully saturated rings. The van der Waals surface area contributed by atoms with E-state index in [1.54, 1.807) is 30.3 Å². The van der Waals surface area contributed by atoms with Crippen molar-refractivity contribution in [1.29, 1.82) is 0 Å². The smallest absolute Gasteiger partial charge is 0.258 e. The Morgan fingerprint density at radius 2 is 2.10 bits per heavy atom. The van der Waals surface area contributed by atoms with Gasteiger partial charge in [-0.2, -0.15) is 0 Å². The van der Waals surface area contributed by atoms with Crippen LogP contribution in [0, 0.1) is 0 Å². The second-order valence-electron chi connectivity index (χ2n) is 7.81. The first kappa shape index (κ1) is 19.7. The monoisotopic (exact) mass is 417 g/mol. The lowest BCUT2D eigenvalue weighted by Crippen LogP contribution is -2.38. The van der Waals surface area contributed by atoms with Crippen LogP contribution in [0.2, 0.25) is 0 Å². The van der Waals surface area contributed by atoms with Crippen molar-refractivity contribution in [3.63, 3.8) is 0 Å². The number of methoxy groups -OCH3 is 1. The van der Waals surface area contributed by atoms with E-state index >= 15 is 0 Å². The van der Waals surface area contributed by atoms with Crippen molar-refractivity contribution < 1.29 is 14.6 Å². The first-order valence-corrected chi connectivity index (χ1v) is 10.3. The number of rotatable bonds is 4. The van der Waals surface area contributed by atoms with Crippen LogP contribution in [0.25, 0.3) is 21.7 Å². The fourth-order valence-corrected chi connectivity index (χ4v) is 4.34. The molecule has 1 unspecified atom stereocenters. The molecule has 2 atom stereocenters. The van der Waals surface area contributed by atoms with Crippen LogP contribution < -0.4 is 10.3 Å². The van der Waals surface area contributed by atoms with Crippen LogP contribution in [-0.4, -0.2) is 46.1 Å². The van der Waals surface area contributed by atoms with Crippen molar-refractivity contribution in [2.45, 2.75) is 25.0 Å². The highest BCUT2D eigenvalue weighted by Crippen LogP contribution is 2.28. The Balaban J connectivity index is 1.67. The predicted molar refractivity (Wildman–Crippen MR) is 118 cm³/mol. The van der Waals surface area contributed by atoms with Crippen molar-refractivity contribution in [1.82, 2.24) is 14.5 Å². The number of nitrogens with zero attached hydrogens (tertiary/aromatic N) is 3. The lowest BCUT2D eigenvalue weighted by Gasteiger charge is -2.29. The minimum Gasteiger partial charge on any atom is -0.481 e. The van der Waals surface area contributed by atoms with Crippen molar-refractivity contribution >= 4 is 21.7 Å². The number of pyridine rings is 3. The quantitative estimate of drug-likeness (QED) is 0.514. The van der Waals surface area contributed by atoms with E-state index in [2.05, 4.69) is 9.97 Å². The van der Waals surface area contributed by atoms with E-state index in [-0.39, 0.29) is 18.2 Å². The van der Waals surface area contributed by atoms with Gasteiger partial charge in [0.15, 0.2) is 0 Å². The maximum Gasteiger partial charge on any atom is 0.258 e. The molecule has 0 aliphatic carbocycles. The lowest BCUT2D eigenvalue weighted by atomic mass is 9.97. The van der Waals surface area contributed by atoms with Crippen molar-refractivity contribution in [3.05, 3.63) is 76.5 Å². The number of hydrogen-bond donors (Lipinski definition) is 1. The second-order valence-corrected chi connectivity index (χ2v) is 7.81. The topological polar surface area (TPSA) is 86.5 Å². The van der Waals surface area contributed by atoms with Gasteiger partial charge in [-0.3, -0.25) is 9.78 Å². The third-order valence-corrected chi connectivity index (χ3v) is 5.93. The predicted octanol–water partition coefficient (Wildman–Crippen LogP) is 2.87. The number of benzene rings is 1. The molecule has 158 valence electrons. The van der Waals surface area contributed by atoms with Crippen LogP contribution in [0.3, 0.4) is 0 Å². The Morgan fingerprint density at radius 1 is 1.19 bits per heavy atom. The molecule has 31 heavy (non-hydrogen) atoms. The molecule has 7 nitrogen and oxygen atoms in total. The van der Waals surface area contributed by atoms with Crippen LogP contribution >= 0.6 is 0 Å². The van der Waals surface area contributed by atoms with Crippen LogP contribution in [-0.2, 0) is 11.2 Å². The summed E-state index contributed by atoms with van der Waals surface area (Å²) in [5.41, 5.74) is 2.70. The molecular formula is C24H23N3O4. The van der Waals surface area contributed by atoms with Crippen molar-refractivity contribution in [3.8, 4) is 5.88 Å². The van der Waals surface area contributed by atoms with Gasteiger partial charge in [0.2, 0.25) is 5.88 Å². The highest BCUT2D eigenvalue weighted by Gasteiger charge is 2.26. The largest absolute Gasteiger partial charge is 0.481 e. The van der Waals surface area contributed by atoms with Gasteiger partial charge in [0, 0.05) is 47.4 Å². The zero-order valence-electron chi connectivity index (χ0n) is 17.2. The molecule has 1 saturated heterocycles. The number of fused-ring (bicyclic) bond motifs is 3. The molecule has 3 aromatic heterocycles.